The van der Waals surface area contributed by atoms with Gasteiger partial charge in [-0.25, -0.2) is 4.98 Å². The number of hydrogen-bond acceptors (Lipinski definition) is 4. The average molecular weight is 340 g/mol. The summed E-state index contributed by atoms with van der Waals surface area (Å²) >= 11 is 1.71. The third-order valence-electron chi connectivity index (χ3n) is 3.94. The summed E-state index contributed by atoms with van der Waals surface area (Å²) in [6, 6.07) is 8.16. The summed E-state index contributed by atoms with van der Waals surface area (Å²) in [5.41, 5.74) is 1.05. The molecule has 1 saturated heterocycles. The Morgan fingerprint density at radius 3 is 3.05 bits per heavy atom. The number of aromatic nitrogens is 1. The van der Waals surface area contributed by atoms with Crippen molar-refractivity contribution in [2.24, 2.45) is 5.92 Å². The van der Waals surface area contributed by atoms with Gasteiger partial charge >= 0.3 is 0 Å². The number of nitrogens with one attached hydrogen (secondary N) is 2. The van der Waals surface area contributed by atoms with Crippen LogP contribution in [-0.2, 0) is 11.2 Å². The van der Waals surface area contributed by atoms with Crippen molar-refractivity contribution in [2.75, 3.05) is 19.6 Å². The molecule has 22 heavy (non-hydrogen) atoms. The van der Waals surface area contributed by atoms with E-state index in [1.54, 1.807) is 11.3 Å². The average Bonchev–Trinajstić information content (AvgIpc) is 3.14. The maximum Gasteiger partial charge on any atom is 0.220 e. The Bertz CT molecular complexity index is 577. The number of thiazole rings is 1. The largest absolute Gasteiger partial charge is 0.356 e. The van der Waals surface area contributed by atoms with E-state index >= 15 is 0 Å². The lowest BCUT2D eigenvalue weighted by atomic mass is 10.0. The predicted octanol–water partition coefficient (Wildman–Crippen LogP) is 2.77. The van der Waals surface area contributed by atoms with Crippen LogP contribution in [0.2, 0.25) is 0 Å². The molecule has 0 saturated carbocycles. The summed E-state index contributed by atoms with van der Waals surface area (Å²) in [6.07, 6.45) is 3.67. The van der Waals surface area contributed by atoms with Gasteiger partial charge in [-0.1, -0.05) is 12.1 Å². The maximum atomic E-state index is 11.8. The molecule has 3 rings (SSSR count). The van der Waals surface area contributed by atoms with Crippen molar-refractivity contribution in [3.63, 3.8) is 0 Å². The maximum absolute atomic E-state index is 11.8. The van der Waals surface area contributed by atoms with Crippen LogP contribution in [0.15, 0.2) is 24.3 Å². The van der Waals surface area contributed by atoms with E-state index in [0.29, 0.717) is 18.9 Å². The first-order chi connectivity index (χ1) is 10.3. The molecule has 0 radical (unpaired) electrons. The van der Waals surface area contributed by atoms with E-state index in [0.717, 1.165) is 36.5 Å². The van der Waals surface area contributed by atoms with Gasteiger partial charge in [0.25, 0.3) is 0 Å². The van der Waals surface area contributed by atoms with Gasteiger partial charge in [0.05, 0.1) is 15.2 Å². The number of amides is 1. The van der Waals surface area contributed by atoms with Crippen LogP contribution in [0.4, 0.5) is 0 Å². The van der Waals surface area contributed by atoms with Crippen LogP contribution in [-0.4, -0.2) is 30.5 Å². The SMILES string of the molecule is Cl.O=C(CCC1CCNC1)NCCc1nc2ccccc2s1. The van der Waals surface area contributed by atoms with Gasteiger partial charge in [0.15, 0.2) is 0 Å². The summed E-state index contributed by atoms with van der Waals surface area (Å²) in [7, 11) is 0. The van der Waals surface area contributed by atoms with Gasteiger partial charge in [-0.2, -0.15) is 0 Å². The van der Waals surface area contributed by atoms with Gasteiger partial charge in [0.1, 0.15) is 0 Å². The lowest BCUT2D eigenvalue weighted by Gasteiger charge is -2.08. The second-order valence-electron chi connectivity index (χ2n) is 5.57. The highest BCUT2D eigenvalue weighted by atomic mass is 35.5. The first-order valence-corrected chi connectivity index (χ1v) is 8.45. The van der Waals surface area contributed by atoms with E-state index in [1.807, 2.05) is 18.2 Å². The molecule has 1 atom stereocenters. The molecule has 1 fully saturated rings. The molecule has 0 bridgehead atoms. The highest BCUT2D eigenvalue weighted by Gasteiger charge is 2.15. The molecule has 2 heterocycles. The van der Waals surface area contributed by atoms with Gasteiger partial charge in [-0.3, -0.25) is 4.79 Å². The fourth-order valence-electron chi connectivity index (χ4n) is 2.72. The standard InChI is InChI=1S/C16H21N3OS.ClH/c20-15(6-5-12-7-9-17-11-12)18-10-8-16-19-13-3-1-2-4-14(13)21-16;/h1-4,12,17H,5-11H2,(H,18,20);1H. The van der Waals surface area contributed by atoms with Crippen LogP contribution in [0.25, 0.3) is 10.2 Å². The fourth-order valence-corrected chi connectivity index (χ4v) is 3.69. The summed E-state index contributed by atoms with van der Waals surface area (Å²) < 4.78 is 1.22. The quantitative estimate of drug-likeness (QED) is 0.851. The Kier molecular flexibility index (Phi) is 6.61. The molecule has 120 valence electrons. The second-order valence-corrected chi connectivity index (χ2v) is 6.69. The van der Waals surface area contributed by atoms with Crippen LogP contribution >= 0.6 is 23.7 Å². The zero-order valence-electron chi connectivity index (χ0n) is 12.5. The molecule has 1 aliphatic heterocycles. The van der Waals surface area contributed by atoms with E-state index in [-0.39, 0.29) is 18.3 Å². The molecule has 1 aromatic carbocycles. The third kappa shape index (κ3) is 4.66. The molecule has 6 heteroatoms. The second kappa shape index (κ2) is 8.46. The highest BCUT2D eigenvalue weighted by molar-refractivity contribution is 7.18. The molecule has 4 nitrogen and oxygen atoms in total. The number of para-hydroxylation sites is 1. The predicted molar refractivity (Wildman–Crippen MR) is 93.8 cm³/mol. The smallest absolute Gasteiger partial charge is 0.220 e. The summed E-state index contributed by atoms with van der Waals surface area (Å²) in [5.74, 6) is 0.850. The van der Waals surface area contributed by atoms with Crippen molar-refractivity contribution in [1.82, 2.24) is 15.6 Å². The number of hydrogen-bond donors (Lipinski definition) is 2. The number of carbonyl (C=O) groups excluding carboxylic acids is 1. The van der Waals surface area contributed by atoms with Crippen molar-refractivity contribution in [3.8, 4) is 0 Å². The fraction of sp³-hybridized carbons (Fsp3) is 0.500. The normalized spacial score (nSPS) is 17.4. The Labute approximate surface area is 141 Å². The molecule has 0 aliphatic carbocycles. The monoisotopic (exact) mass is 339 g/mol. The molecule has 1 unspecified atom stereocenters. The number of rotatable bonds is 6. The van der Waals surface area contributed by atoms with Gasteiger partial charge < -0.3 is 10.6 Å². The van der Waals surface area contributed by atoms with Gasteiger partial charge in [0.2, 0.25) is 5.91 Å². The Hall–Kier alpha value is -1.17. The molecule has 0 spiro atoms. The molecule has 1 aromatic heterocycles. The molecule has 2 N–H and O–H groups in total. The molecule has 2 aromatic rings. The summed E-state index contributed by atoms with van der Waals surface area (Å²) in [4.78, 5) is 16.4. The minimum atomic E-state index is 0. The minimum Gasteiger partial charge on any atom is -0.356 e. The van der Waals surface area contributed by atoms with E-state index < -0.39 is 0 Å². The first-order valence-electron chi connectivity index (χ1n) is 7.63. The highest BCUT2D eigenvalue weighted by Crippen LogP contribution is 2.21. The summed E-state index contributed by atoms with van der Waals surface area (Å²) in [5, 5.41) is 7.44. The van der Waals surface area contributed by atoms with E-state index in [9.17, 15) is 4.79 Å². The lowest BCUT2D eigenvalue weighted by Crippen LogP contribution is -2.26. The molecule has 1 aliphatic rings. The number of benzene rings is 1. The van der Waals surface area contributed by atoms with Crippen molar-refractivity contribution in [2.45, 2.75) is 25.7 Å². The zero-order valence-corrected chi connectivity index (χ0v) is 14.1. The van der Waals surface area contributed by atoms with Crippen molar-refractivity contribution in [3.05, 3.63) is 29.3 Å². The van der Waals surface area contributed by atoms with Gasteiger partial charge in [-0.15, -0.1) is 23.7 Å². The van der Waals surface area contributed by atoms with Crippen molar-refractivity contribution >= 4 is 39.9 Å². The van der Waals surface area contributed by atoms with Crippen molar-refractivity contribution in [1.29, 1.82) is 0 Å². The van der Waals surface area contributed by atoms with E-state index in [2.05, 4.69) is 21.7 Å². The van der Waals surface area contributed by atoms with Crippen LogP contribution in [0.5, 0.6) is 0 Å². The minimum absolute atomic E-state index is 0. The number of halogens is 1. The van der Waals surface area contributed by atoms with Crippen LogP contribution in [0.3, 0.4) is 0 Å². The molecular formula is C16H22ClN3OS. The Morgan fingerprint density at radius 2 is 2.27 bits per heavy atom. The Morgan fingerprint density at radius 1 is 1.41 bits per heavy atom. The van der Waals surface area contributed by atoms with E-state index in [4.69, 9.17) is 0 Å². The Balaban J connectivity index is 0.00000176. The van der Waals surface area contributed by atoms with Crippen LogP contribution in [0, 0.1) is 5.92 Å². The molecular weight excluding hydrogens is 318 g/mol. The zero-order chi connectivity index (χ0) is 14.5. The number of carbonyl (C=O) groups is 1. The van der Waals surface area contributed by atoms with Gasteiger partial charge in [-0.05, 0) is 44.0 Å². The third-order valence-corrected chi connectivity index (χ3v) is 5.04. The lowest BCUT2D eigenvalue weighted by molar-refractivity contribution is -0.121. The first kappa shape index (κ1) is 17.2. The van der Waals surface area contributed by atoms with Crippen LogP contribution in [0.1, 0.15) is 24.3 Å². The van der Waals surface area contributed by atoms with Gasteiger partial charge in [0, 0.05) is 19.4 Å². The topological polar surface area (TPSA) is 54.0 Å². The molecule has 1 amide bonds. The number of fused-ring (bicyclic) bond motifs is 1. The van der Waals surface area contributed by atoms with Crippen LogP contribution < -0.4 is 10.6 Å². The summed E-state index contributed by atoms with van der Waals surface area (Å²) in [6.45, 7) is 2.85. The van der Waals surface area contributed by atoms with Crippen molar-refractivity contribution < 1.29 is 4.79 Å². The number of nitrogens with zero attached hydrogens (tertiary/aromatic N) is 1. The van der Waals surface area contributed by atoms with E-state index in [1.165, 1.54) is 11.1 Å².